The van der Waals surface area contributed by atoms with Crippen molar-refractivity contribution in [2.75, 3.05) is 33.4 Å². The first kappa shape index (κ1) is 19.9. The summed E-state index contributed by atoms with van der Waals surface area (Å²) in [6, 6.07) is 8.07. The molecule has 1 aromatic heterocycles. The molecule has 148 valence electrons. The Bertz CT molecular complexity index is 788. The first-order valence-electron chi connectivity index (χ1n) is 9.59. The molecule has 1 amide bonds. The van der Waals surface area contributed by atoms with Gasteiger partial charge in [-0.1, -0.05) is 18.2 Å². The van der Waals surface area contributed by atoms with Gasteiger partial charge in [-0.3, -0.25) is 4.79 Å². The molecule has 2 N–H and O–H groups in total. The summed E-state index contributed by atoms with van der Waals surface area (Å²) < 4.78 is 7.15. The lowest BCUT2D eigenvalue weighted by molar-refractivity contribution is -0.142. The van der Waals surface area contributed by atoms with Crippen LogP contribution in [-0.2, 0) is 23.0 Å². The summed E-state index contributed by atoms with van der Waals surface area (Å²) in [5.74, 6) is 0.0443. The fraction of sp³-hybridized carbons (Fsp3) is 0.571. The van der Waals surface area contributed by atoms with Gasteiger partial charge < -0.3 is 24.4 Å². The van der Waals surface area contributed by atoms with Crippen LogP contribution in [0.1, 0.15) is 24.8 Å². The van der Waals surface area contributed by atoms with Crippen LogP contribution < -0.4 is 0 Å². The number of aliphatic hydroxyl groups excluding tert-OH is 2. The number of hydrogen-bond donors (Lipinski definition) is 2. The number of aliphatic hydroxyl groups is 2. The van der Waals surface area contributed by atoms with Gasteiger partial charge in [-0.05, 0) is 30.9 Å². The van der Waals surface area contributed by atoms with Gasteiger partial charge in [0.1, 0.15) is 0 Å². The molecule has 27 heavy (non-hydrogen) atoms. The second kappa shape index (κ2) is 8.42. The van der Waals surface area contributed by atoms with Gasteiger partial charge in [0.25, 0.3) is 0 Å². The van der Waals surface area contributed by atoms with E-state index in [1.165, 1.54) is 0 Å². The molecule has 0 unspecified atom stereocenters. The number of benzene rings is 1. The zero-order valence-corrected chi connectivity index (χ0v) is 16.2. The van der Waals surface area contributed by atoms with Crippen molar-refractivity contribution >= 4 is 16.8 Å². The lowest BCUT2D eigenvalue weighted by Crippen LogP contribution is -2.55. The number of nitrogens with zero attached hydrogens (tertiary/aromatic N) is 2. The molecular weight excluding hydrogens is 344 g/mol. The van der Waals surface area contributed by atoms with Gasteiger partial charge in [-0.2, -0.15) is 0 Å². The summed E-state index contributed by atoms with van der Waals surface area (Å²) >= 11 is 0. The largest absolute Gasteiger partial charge is 0.396 e. The van der Waals surface area contributed by atoms with Gasteiger partial charge in [0.2, 0.25) is 5.91 Å². The number of rotatable bonds is 7. The zero-order valence-electron chi connectivity index (χ0n) is 16.2. The summed E-state index contributed by atoms with van der Waals surface area (Å²) in [6.07, 6.45) is 3.63. The second-order valence-electron chi connectivity index (χ2n) is 7.70. The Morgan fingerprint density at radius 2 is 2.15 bits per heavy atom. The number of aryl methyl sites for hydroxylation is 1. The van der Waals surface area contributed by atoms with Crippen molar-refractivity contribution in [2.45, 2.75) is 31.8 Å². The van der Waals surface area contributed by atoms with Crippen LogP contribution in [0.2, 0.25) is 0 Å². The summed E-state index contributed by atoms with van der Waals surface area (Å²) in [5, 5.41) is 21.6. The van der Waals surface area contributed by atoms with Crippen LogP contribution >= 0.6 is 0 Å². The van der Waals surface area contributed by atoms with Crippen molar-refractivity contribution in [1.29, 1.82) is 0 Å². The average molecular weight is 374 g/mol. The second-order valence-corrected chi connectivity index (χ2v) is 7.70. The summed E-state index contributed by atoms with van der Waals surface area (Å²) in [4.78, 5) is 14.8. The van der Waals surface area contributed by atoms with Gasteiger partial charge in [0.15, 0.2) is 0 Å². The molecule has 0 aliphatic carbocycles. The number of carbonyl (C=O) groups is 1. The highest BCUT2D eigenvalue weighted by Crippen LogP contribution is 2.35. The van der Waals surface area contributed by atoms with Gasteiger partial charge >= 0.3 is 0 Å². The SMILES string of the molecule is COCCC[C@@]1(CO)CN(C(=O)Cc2cn(C)c3ccccc23)CC[C@H]1O. The fourth-order valence-electron chi connectivity index (χ4n) is 4.25. The van der Waals surface area contributed by atoms with E-state index >= 15 is 0 Å². The average Bonchev–Trinajstić information content (AvgIpc) is 2.99. The highest BCUT2D eigenvalue weighted by atomic mass is 16.5. The number of methoxy groups -OCH3 is 1. The monoisotopic (exact) mass is 374 g/mol. The number of aromatic nitrogens is 1. The minimum Gasteiger partial charge on any atom is -0.396 e. The molecule has 2 heterocycles. The van der Waals surface area contributed by atoms with Crippen molar-refractivity contribution in [3.8, 4) is 0 Å². The van der Waals surface area contributed by atoms with E-state index < -0.39 is 11.5 Å². The quantitative estimate of drug-likeness (QED) is 0.724. The minimum atomic E-state index is -0.662. The molecule has 6 nitrogen and oxygen atoms in total. The van der Waals surface area contributed by atoms with Crippen LogP contribution in [0.25, 0.3) is 10.9 Å². The van der Waals surface area contributed by atoms with Gasteiger partial charge in [-0.15, -0.1) is 0 Å². The van der Waals surface area contributed by atoms with Gasteiger partial charge in [0.05, 0.1) is 19.1 Å². The predicted molar refractivity (Wildman–Crippen MR) is 104 cm³/mol. The van der Waals surface area contributed by atoms with Crippen LogP contribution in [0.3, 0.4) is 0 Å². The summed E-state index contributed by atoms with van der Waals surface area (Å²) in [5.41, 5.74) is 1.46. The summed E-state index contributed by atoms with van der Waals surface area (Å²) in [7, 11) is 3.63. The van der Waals surface area contributed by atoms with E-state index in [2.05, 4.69) is 0 Å². The molecule has 0 saturated carbocycles. The number of hydrogen-bond acceptors (Lipinski definition) is 4. The molecule has 2 aromatic rings. The minimum absolute atomic E-state index is 0.0443. The Hall–Kier alpha value is -1.89. The van der Waals surface area contributed by atoms with E-state index in [4.69, 9.17) is 4.74 Å². The van der Waals surface area contributed by atoms with Crippen LogP contribution in [-0.4, -0.2) is 65.1 Å². The molecule has 1 fully saturated rings. The topological polar surface area (TPSA) is 74.9 Å². The molecular formula is C21H30N2O4. The lowest BCUT2D eigenvalue weighted by Gasteiger charge is -2.45. The molecule has 0 spiro atoms. The third-order valence-electron chi connectivity index (χ3n) is 5.90. The maximum absolute atomic E-state index is 13.0. The van der Waals surface area contributed by atoms with E-state index in [0.29, 0.717) is 39.0 Å². The van der Waals surface area contributed by atoms with Gasteiger partial charge in [0, 0.05) is 56.4 Å². The third kappa shape index (κ3) is 4.03. The maximum atomic E-state index is 13.0. The first-order chi connectivity index (χ1) is 13.0. The van der Waals surface area contributed by atoms with Crippen LogP contribution in [0, 0.1) is 5.41 Å². The molecule has 0 bridgehead atoms. The molecule has 0 radical (unpaired) electrons. The smallest absolute Gasteiger partial charge is 0.227 e. The fourth-order valence-corrected chi connectivity index (χ4v) is 4.25. The Labute approximate surface area is 160 Å². The Morgan fingerprint density at radius 1 is 1.37 bits per heavy atom. The number of fused-ring (bicyclic) bond motifs is 1. The van der Waals surface area contributed by atoms with E-state index in [0.717, 1.165) is 22.9 Å². The van der Waals surface area contributed by atoms with Crippen molar-refractivity contribution in [3.05, 3.63) is 36.0 Å². The number of ether oxygens (including phenoxy) is 1. The number of amides is 1. The molecule has 1 saturated heterocycles. The van der Waals surface area contributed by atoms with Crippen molar-refractivity contribution in [1.82, 2.24) is 9.47 Å². The molecule has 1 aromatic carbocycles. The summed E-state index contributed by atoms with van der Waals surface area (Å²) in [6.45, 7) is 1.36. The highest BCUT2D eigenvalue weighted by molar-refractivity contribution is 5.89. The van der Waals surface area contributed by atoms with Crippen molar-refractivity contribution in [2.24, 2.45) is 12.5 Å². The zero-order chi connectivity index (χ0) is 19.4. The first-order valence-corrected chi connectivity index (χ1v) is 9.59. The molecule has 1 aliphatic heterocycles. The molecule has 6 heteroatoms. The molecule has 2 atom stereocenters. The normalized spacial score (nSPS) is 23.1. The van der Waals surface area contributed by atoms with Crippen LogP contribution in [0.5, 0.6) is 0 Å². The van der Waals surface area contributed by atoms with Crippen molar-refractivity contribution in [3.63, 3.8) is 0 Å². The van der Waals surface area contributed by atoms with E-state index in [1.54, 1.807) is 12.0 Å². The Kier molecular flexibility index (Phi) is 6.19. The number of likely N-dealkylation sites (tertiary alicyclic amines) is 1. The maximum Gasteiger partial charge on any atom is 0.227 e. The number of piperidine rings is 1. The van der Waals surface area contributed by atoms with E-state index in [-0.39, 0.29) is 12.5 Å². The van der Waals surface area contributed by atoms with E-state index in [1.807, 2.05) is 42.1 Å². The standard InChI is InChI=1S/C21H30N2O4/c1-22-13-16(17-6-3-4-7-18(17)22)12-20(26)23-10-8-19(25)21(14-23,15-24)9-5-11-27-2/h3-4,6-7,13,19,24-25H,5,8-12,14-15H2,1-2H3/t19-,21+/m1/s1. The van der Waals surface area contributed by atoms with Crippen LogP contribution in [0.15, 0.2) is 30.5 Å². The van der Waals surface area contributed by atoms with Crippen LogP contribution in [0.4, 0.5) is 0 Å². The van der Waals surface area contributed by atoms with Gasteiger partial charge in [-0.25, -0.2) is 0 Å². The Morgan fingerprint density at radius 3 is 2.89 bits per heavy atom. The predicted octanol–water partition coefficient (Wildman–Crippen LogP) is 1.72. The highest BCUT2D eigenvalue weighted by Gasteiger charge is 2.43. The molecule has 3 rings (SSSR count). The number of carbonyl (C=O) groups excluding carboxylic acids is 1. The van der Waals surface area contributed by atoms with E-state index in [9.17, 15) is 15.0 Å². The third-order valence-corrected chi connectivity index (χ3v) is 5.90. The Balaban J connectivity index is 1.74. The molecule has 1 aliphatic rings. The van der Waals surface area contributed by atoms with Crippen molar-refractivity contribution < 1.29 is 19.7 Å². The number of para-hydroxylation sites is 1. The lowest BCUT2D eigenvalue weighted by atomic mass is 9.74.